The number of nitrogens with zero attached hydrogens (tertiary/aromatic N) is 3. The Morgan fingerprint density at radius 3 is 2.27 bits per heavy atom. The van der Waals surface area contributed by atoms with Gasteiger partial charge in [0.25, 0.3) is 0 Å². The largest absolute Gasteiger partial charge is 0.383 e. The van der Waals surface area contributed by atoms with E-state index >= 15 is 0 Å². The van der Waals surface area contributed by atoms with Crippen LogP contribution < -0.4 is 5.73 Å². The Morgan fingerprint density at radius 1 is 0.846 bits per heavy atom. The number of nitrogens with two attached hydrogens (primary N) is 1. The van der Waals surface area contributed by atoms with Gasteiger partial charge in [0.15, 0.2) is 5.65 Å². The molecule has 0 saturated carbocycles. The first-order valence-corrected chi connectivity index (χ1v) is 11.3. The van der Waals surface area contributed by atoms with Crippen LogP contribution in [0.5, 0.6) is 0 Å². The van der Waals surface area contributed by atoms with E-state index in [2.05, 4.69) is 4.40 Å². The predicted molar refractivity (Wildman–Crippen MR) is 112 cm³/mol. The molecule has 4 nitrogen and oxygen atoms in total. The number of hydrogen-bond donors (Lipinski definition) is 1. The molecule has 0 spiro atoms. The van der Waals surface area contributed by atoms with Gasteiger partial charge in [-0.15, -0.1) is 22.7 Å². The molecule has 0 aromatic carbocycles. The van der Waals surface area contributed by atoms with Crippen molar-refractivity contribution in [2.24, 2.45) is 0 Å². The Hall–Kier alpha value is -1.57. The highest BCUT2D eigenvalue weighted by atomic mass is 32.1. The van der Waals surface area contributed by atoms with Gasteiger partial charge in [0.05, 0.1) is 10.8 Å². The van der Waals surface area contributed by atoms with E-state index in [1.54, 1.807) is 11.3 Å². The summed E-state index contributed by atoms with van der Waals surface area (Å²) in [5.41, 5.74) is 10.3. The fourth-order valence-electron chi connectivity index (χ4n) is 4.63. The monoisotopic (exact) mass is 398 g/mol. The summed E-state index contributed by atoms with van der Waals surface area (Å²) in [5.74, 6) is 0.664. The minimum absolute atomic E-state index is 0.613. The van der Waals surface area contributed by atoms with Crippen molar-refractivity contribution in [1.82, 2.24) is 14.4 Å². The normalized spacial score (nSPS) is 17.1. The summed E-state index contributed by atoms with van der Waals surface area (Å²) in [4.78, 5) is 14.8. The lowest BCUT2D eigenvalue weighted by Crippen LogP contribution is -2.05. The van der Waals surface area contributed by atoms with Gasteiger partial charge < -0.3 is 5.73 Å². The first-order valence-electron chi connectivity index (χ1n) is 9.29. The van der Waals surface area contributed by atoms with E-state index in [-0.39, 0.29) is 0 Å². The molecule has 132 valence electrons. The second-order valence-corrected chi connectivity index (χ2v) is 9.86. The maximum Gasteiger partial charge on any atom is 0.207 e. The van der Waals surface area contributed by atoms with Gasteiger partial charge in [0.1, 0.15) is 15.5 Å². The average Bonchev–Trinajstić information content (AvgIpc) is 3.19. The fourth-order valence-corrected chi connectivity index (χ4v) is 7.67. The predicted octanol–water partition coefficient (Wildman–Crippen LogP) is 5.23. The molecule has 4 heterocycles. The fraction of sp³-hybridized carbons (Fsp3) is 0.421. The minimum Gasteiger partial charge on any atom is -0.383 e. The van der Waals surface area contributed by atoms with Crippen LogP contribution in [-0.4, -0.2) is 14.4 Å². The van der Waals surface area contributed by atoms with Crippen molar-refractivity contribution in [2.45, 2.75) is 51.4 Å². The number of rotatable bonds is 0. The van der Waals surface area contributed by atoms with Crippen molar-refractivity contribution < 1.29 is 0 Å². The minimum atomic E-state index is 0.613. The van der Waals surface area contributed by atoms with E-state index in [0.717, 1.165) is 46.4 Å². The lowest BCUT2D eigenvalue weighted by molar-refractivity contribution is 0.700. The zero-order valence-electron chi connectivity index (χ0n) is 14.3. The van der Waals surface area contributed by atoms with Crippen LogP contribution in [0.25, 0.3) is 26.1 Å². The Morgan fingerprint density at radius 2 is 1.50 bits per heavy atom. The Labute approximate surface area is 163 Å². The van der Waals surface area contributed by atoms with Crippen molar-refractivity contribution in [3.05, 3.63) is 25.7 Å². The summed E-state index contributed by atoms with van der Waals surface area (Å²) in [6, 6.07) is 0. The first kappa shape index (κ1) is 15.5. The van der Waals surface area contributed by atoms with Crippen molar-refractivity contribution in [3.8, 4) is 0 Å². The maximum absolute atomic E-state index is 6.51. The third kappa shape index (κ3) is 1.96. The van der Waals surface area contributed by atoms with Crippen LogP contribution in [0.2, 0.25) is 0 Å². The number of aromatic nitrogens is 3. The highest BCUT2D eigenvalue weighted by Gasteiger charge is 2.24. The molecule has 0 aliphatic heterocycles. The van der Waals surface area contributed by atoms with E-state index in [9.17, 15) is 0 Å². The topological polar surface area (TPSA) is 56.2 Å². The van der Waals surface area contributed by atoms with E-state index in [4.69, 9.17) is 27.9 Å². The molecular formula is C19H18N4S3. The van der Waals surface area contributed by atoms with Gasteiger partial charge in [-0.25, -0.2) is 9.97 Å². The summed E-state index contributed by atoms with van der Waals surface area (Å²) >= 11 is 9.36. The number of nitrogen functional groups attached to an aromatic ring is 1. The number of hydrogen-bond acceptors (Lipinski definition) is 6. The second-order valence-electron chi connectivity index (χ2n) is 7.33. The average molecular weight is 399 g/mol. The van der Waals surface area contributed by atoms with Gasteiger partial charge in [-0.3, -0.25) is 4.40 Å². The van der Waals surface area contributed by atoms with Crippen LogP contribution in [0.4, 0.5) is 5.82 Å². The van der Waals surface area contributed by atoms with Crippen molar-refractivity contribution in [1.29, 1.82) is 0 Å². The van der Waals surface area contributed by atoms with Gasteiger partial charge in [-0.1, -0.05) is 0 Å². The van der Waals surface area contributed by atoms with E-state index in [1.807, 2.05) is 11.3 Å². The Kier molecular flexibility index (Phi) is 3.26. The van der Waals surface area contributed by atoms with Gasteiger partial charge >= 0.3 is 0 Å². The van der Waals surface area contributed by atoms with Gasteiger partial charge in [-0.05, 0) is 74.7 Å². The summed E-state index contributed by atoms with van der Waals surface area (Å²) in [7, 11) is 0. The zero-order valence-corrected chi connectivity index (χ0v) is 16.8. The van der Waals surface area contributed by atoms with Gasteiger partial charge in [-0.2, -0.15) is 0 Å². The zero-order chi connectivity index (χ0) is 17.4. The molecule has 2 aliphatic rings. The van der Waals surface area contributed by atoms with Crippen LogP contribution in [0.3, 0.4) is 0 Å². The number of aryl methyl sites for hydroxylation is 4. The summed E-state index contributed by atoms with van der Waals surface area (Å²) in [6.45, 7) is 0. The summed E-state index contributed by atoms with van der Waals surface area (Å²) in [5, 5.41) is 2.32. The lowest BCUT2D eigenvalue weighted by Gasteiger charge is -2.13. The number of thiophene rings is 2. The Balaban J connectivity index is 1.84. The highest BCUT2D eigenvalue weighted by Crippen LogP contribution is 2.42. The highest BCUT2D eigenvalue weighted by molar-refractivity contribution is 7.71. The third-order valence-corrected chi connectivity index (χ3v) is 8.55. The van der Waals surface area contributed by atoms with E-state index in [0.29, 0.717) is 10.6 Å². The van der Waals surface area contributed by atoms with Gasteiger partial charge in [0, 0.05) is 9.75 Å². The van der Waals surface area contributed by atoms with Gasteiger partial charge in [0.2, 0.25) is 4.77 Å². The number of fused-ring (bicyclic) bond motifs is 9. The SMILES string of the molecule is Nc1nc2c3c4c(sc3nc(=S)n2c2sc3c(c12)CCCC3)CCCC4. The molecule has 0 saturated heterocycles. The van der Waals surface area contributed by atoms with Crippen molar-refractivity contribution in [2.75, 3.05) is 5.73 Å². The molecule has 7 heteroatoms. The smallest absolute Gasteiger partial charge is 0.207 e. The molecule has 2 N–H and O–H groups in total. The van der Waals surface area contributed by atoms with Crippen LogP contribution >= 0.6 is 34.9 Å². The molecule has 0 amide bonds. The maximum atomic E-state index is 6.51. The summed E-state index contributed by atoms with van der Waals surface area (Å²) in [6.07, 6.45) is 9.52. The van der Waals surface area contributed by atoms with E-state index < -0.39 is 0 Å². The molecule has 0 bridgehead atoms. The van der Waals surface area contributed by atoms with Crippen LogP contribution in [0.1, 0.15) is 46.6 Å². The van der Waals surface area contributed by atoms with Crippen LogP contribution in [-0.2, 0) is 25.7 Å². The molecule has 0 unspecified atom stereocenters. The Bertz CT molecular complexity index is 1280. The molecule has 0 fully saturated rings. The molecule has 2 aliphatic carbocycles. The molecule has 0 radical (unpaired) electrons. The quantitative estimate of drug-likeness (QED) is 0.412. The number of anilines is 1. The van der Waals surface area contributed by atoms with Crippen molar-refractivity contribution >= 4 is 66.8 Å². The molecule has 4 aromatic heterocycles. The molecule has 6 rings (SSSR count). The summed E-state index contributed by atoms with van der Waals surface area (Å²) < 4.78 is 2.72. The third-order valence-electron chi connectivity index (χ3n) is 5.81. The first-order chi connectivity index (χ1) is 12.7. The lowest BCUT2D eigenvalue weighted by atomic mass is 9.96. The standard InChI is InChI=1S/C19H18N4S3/c20-15-13-9-5-1-4-8-12(9)26-18(13)23-16(21-15)14-10-6-2-3-7-11(10)25-17(14)22-19(23)24/h1-8H2,(H2,20,21). The molecule has 26 heavy (non-hydrogen) atoms. The van der Waals surface area contributed by atoms with Crippen LogP contribution in [0.15, 0.2) is 0 Å². The molecule has 4 aromatic rings. The van der Waals surface area contributed by atoms with Crippen molar-refractivity contribution in [3.63, 3.8) is 0 Å². The van der Waals surface area contributed by atoms with E-state index in [1.165, 1.54) is 52.0 Å². The molecular weight excluding hydrogens is 380 g/mol. The molecule has 0 atom stereocenters. The van der Waals surface area contributed by atoms with Crippen LogP contribution in [0, 0.1) is 4.77 Å². The second kappa shape index (κ2) is 5.47.